The molecule has 4 rings (SSSR count). The Hall–Kier alpha value is -2.54. The largest absolute Gasteiger partial charge is 0.337 e. The number of thiophene rings is 1. The summed E-state index contributed by atoms with van der Waals surface area (Å²) in [4.78, 5) is 12.4. The lowest BCUT2D eigenvalue weighted by Crippen LogP contribution is -2.43. The Morgan fingerprint density at radius 1 is 1.03 bits per heavy atom. The Bertz CT molecular complexity index is 1020. The number of halogens is 3. The van der Waals surface area contributed by atoms with E-state index in [0.29, 0.717) is 18.7 Å². The Morgan fingerprint density at radius 3 is 2.45 bits per heavy atom. The molecule has 1 aromatic heterocycles. The van der Waals surface area contributed by atoms with Gasteiger partial charge in [0, 0.05) is 28.8 Å². The summed E-state index contributed by atoms with van der Waals surface area (Å²) < 4.78 is 41.9. The maximum Gasteiger partial charge on any atom is 0.319 e. The highest BCUT2D eigenvalue weighted by atomic mass is 32.1. The second kappa shape index (κ2) is 8.06. The van der Waals surface area contributed by atoms with Gasteiger partial charge in [0.25, 0.3) is 0 Å². The lowest BCUT2D eigenvalue weighted by Gasteiger charge is -2.37. The van der Waals surface area contributed by atoms with Gasteiger partial charge in [-0.15, -0.1) is 11.3 Å². The van der Waals surface area contributed by atoms with E-state index in [-0.39, 0.29) is 5.41 Å². The van der Waals surface area contributed by atoms with Crippen molar-refractivity contribution >= 4 is 33.1 Å². The van der Waals surface area contributed by atoms with Crippen LogP contribution in [0.4, 0.5) is 23.7 Å². The molecule has 1 heterocycles. The smallest absolute Gasteiger partial charge is 0.319 e. The van der Waals surface area contributed by atoms with Crippen molar-refractivity contribution in [3.05, 3.63) is 64.8 Å². The van der Waals surface area contributed by atoms with Gasteiger partial charge in [0.2, 0.25) is 0 Å². The Labute approximate surface area is 170 Å². The second-order valence-corrected chi connectivity index (χ2v) is 8.45. The Balaban J connectivity index is 1.55. The number of anilines is 1. The number of fused-ring (bicyclic) bond motifs is 1. The van der Waals surface area contributed by atoms with Crippen LogP contribution in [0.2, 0.25) is 0 Å². The van der Waals surface area contributed by atoms with Crippen molar-refractivity contribution < 1.29 is 18.0 Å². The highest BCUT2D eigenvalue weighted by Gasteiger charge is 2.36. The third-order valence-corrected chi connectivity index (χ3v) is 6.66. The normalized spacial score (nSPS) is 16.0. The van der Waals surface area contributed by atoms with Gasteiger partial charge in [0.05, 0.1) is 0 Å². The average Bonchev–Trinajstić information content (AvgIpc) is 3.15. The molecule has 0 spiro atoms. The van der Waals surface area contributed by atoms with Crippen molar-refractivity contribution in [2.24, 2.45) is 0 Å². The third kappa shape index (κ3) is 3.96. The Morgan fingerprint density at radius 2 is 1.72 bits per heavy atom. The molecule has 1 saturated carbocycles. The zero-order valence-corrected chi connectivity index (χ0v) is 16.6. The van der Waals surface area contributed by atoms with Crippen molar-refractivity contribution in [2.75, 3.05) is 11.9 Å². The van der Waals surface area contributed by atoms with Crippen LogP contribution in [-0.2, 0) is 5.41 Å². The van der Waals surface area contributed by atoms with Crippen molar-refractivity contribution in [1.29, 1.82) is 0 Å². The molecular weight excluding hydrogens is 397 g/mol. The molecule has 0 radical (unpaired) electrons. The van der Waals surface area contributed by atoms with E-state index in [1.807, 2.05) is 12.1 Å². The number of hydrogen-bond donors (Lipinski definition) is 2. The van der Waals surface area contributed by atoms with Gasteiger partial charge >= 0.3 is 6.03 Å². The molecule has 2 amide bonds. The minimum Gasteiger partial charge on any atom is -0.337 e. The maximum absolute atomic E-state index is 13.8. The van der Waals surface area contributed by atoms with Gasteiger partial charge in [-0.2, -0.15) is 0 Å². The molecule has 0 atom stereocenters. The summed E-state index contributed by atoms with van der Waals surface area (Å²) in [6.07, 6.45) is 5.16. The van der Waals surface area contributed by atoms with E-state index in [0.717, 1.165) is 32.1 Å². The summed E-state index contributed by atoms with van der Waals surface area (Å²) in [6, 6.07) is 8.57. The van der Waals surface area contributed by atoms with E-state index < -0.39 is 29.2 Å². The van der Waals surface area contributed by atoms with Crippen LogP contribution in [-0.4, -0.2) is 12.6 Å². The molecular formula is C22H21F3N2OS. The number of carbonyl (C=O) groups is 1. The molecule has 1 fully saturated rings. The predicted octanol–water partition coefficient (Wildman–Crippen LogP) is 6.34. The van der Waals surface area contributed by atoms with E-state index in [1.165, 1.54) is 15.6 Å². The monoisotopic (exact) mass is 418 g/mol. The molecule has 2 N–H and O–H groups in total. The van der Waals surface area contributed by atoms with Crippen LogP contribution < -0.4 is 10.6 Å². The SMILES string of the molecule is O=C(NCC1(c2csc3ccccc23)CCCCC1)Nc1c(F)cc(F)cc1F. The topological polar surface area (TPSA) is 41.1 Å². The minimum atomic E-state index is -1.14. The fourth-order valence-electron chi connectivity index (χ4n) is 4.23. The van der Waals surface area contributed by atoms with Crippen LogP contribution >= 0.6 is 11.3 Å². The number of amides is 2. The van der Waals surface area contributed by atoms with Gasteiger partial charge in [-0.1, -0.05) is 37.5 Å². The van der Waals surface area contributed by atoms with E-state index in [9.17, 15) is 18.0 Å². The molecule has 7 heteroatoms. The second-order valence-electron chi connectivity index (χ2n) is 7.54. The maximum atomic E-state index is 13.8. The third-order valence-electron chi connectivity index (χ3n) is 5.70. The number of nitrogens with one attached hydrogen (secondary N) is 2. The van der Waals surface area contributed by atoms with Gasteiger partial charge in [-0.05, 0) is 35.2 Å². The number of carbonyl (C=O) groups excluding carboxylic acids is 1. The number of rotatable bonds is 4. The minimum absolute atomic E-state index is 0.213. The van der Waals surface area contributed by atoms with Crippen molar-refractivity contribution in [3.8, 4) is 0 Å². The van der Waals surface area contributed by atoms with Crippen molar-refractivity contribution in [1.82, 2.24) is 5.32 Å². The summed E-state index contributed by atoms with van der Waals surface area (Å²) in [5.74, 6) is -3.32. The molecule has 2 aromatic carbocycles. The number of urea groups is 1. The van der Waals surface area contributed by atoms with Gasteiger partial charge in [-0.3, -0.25) is 0 Å². The lowest BCUT2D eigenvalue weighted by molar-refractivity contribution is 0.240. The molecule has 1 aliphatic carbocycles. The van der Waals surface area contributed by atoms with Crippen LogP contribution in [0.1, 0.15) is 37.7 Å². The highest BCUT2D eigenvalue weighted by Crippen LogP contribution is 2.44. The standard InChI is InChI=1S/C22H21F3N2OS/c23-14-10-17(24)20(18(25)11-14)27-21(28)26-13-22(8-4-1-5-9-22)16-12-29-19-7-3-2-6-15(16)19/h2-3,6-7,10-12H,1,4-5,8-9,13H2,(H2,26,27,28). The van der Waals surface area contributed by atoms with E-state index in [4.69, 9.17) is 0 Å². The molecule has 1 aliphatic rings. The molecule has 0 saturated heterocycles. The van der Waals surface area contributed by atoms with Gasteiger partial charge < -0.3 is 10.6 Å². The predicted molar refractivity (Wildman–Crippen MR) is 110 cm³/mol. The molecule has 152 valence electrons. The summed E-state index contributed by atoms with van der Waals surface area (Å²) in [5.41, 5.74) is 0.356. The number of benzene rings is 2. The fraction of sp³-hybridized carbons (Fsp3) is 0.318. The quantitative estimate of drug-likeness (QED) is 0.510. The molecule has 0 unspecified atom stereocenters. The van der Waals surface area contributed by atoms with Gasteiger partial charge in [0.1, 0.15) is 11.5 Å². The van der Waals surface area contributed by atoms with Gasteiger partial charge in [0.15, 0.2) is 11.6 Å². The van der Waals surface area contributed by atoms with Gasteiger partial charge in [-0.25, -0.2) is 18.0 Å². The molecule has 3 nitrogen and oxygen atoms in total. The van der Waals surface area contributed by atoms with Crippen LogP contribution in [0.15, 0.2) is 41.8 Å². The first-order valence-corrected chi connectivity index (χ1v) is 10.5. The highest BCUT2D eigenvalue weighted by molar-refractivity contribution is 7.17. The summed E-state index contributed by atoms with van der Waals surface area (Å²) in [5, 5.41) is 8.33. The van der Waals surface area contributed by atoms with E-state index in [2.05, 4.69) is 28.1 Å². The molecule has 0 aliphatic heterocycles. The van der Waals surface area contributed by atoms with Crippen LogP contribution in [0.25, 0.3) is 10.1 Å². The first-order chi connectivity index (χ1) is 14.0. The zero-order valence-electron chi connectivity index (χ0n) is 15.7. The Kier molecular flexibility index (Phi) is 5.50. The molecule has 29 heavy (non-hydrogen) atoms. The van der Waals surface area contributed by atoms with E-state index in [1.54, 1.807) is 11.3 Å². The number of hydrogen-bond acceptors (Lipinski definition) is 2. The zero-order chi connectivity index (χ0) is 20.4. The molecule has 0 bridgehead atoms. The summed E-state index contributed by atoms with van der Waals surface area (Å²) in [6.45, 7) is 0.365. The lowest BCUT2D eigenvalue weighted by atomic mass is 9.69. The van der Waals surface area contributed by atoms with Crippen molar-refractivity contribution in [2.45, 2.75) is 37.5 Å². The van der Waals surface area contributed by atoms with E-state index >= 15 is 0 Å². The average molecular weight is 418 g/mol. The van der Waals surface area contributed by atoms with Crippen LogP contribution in [0.5, 0.6) is 0 Å². The van der Waals surface area contributed by atoms with Crippen molar-refractivity contribution in [3.63, 3.8) is 0 Å². The first kappa shape index (κ1) is 19.8. The summed E-state index contributed by atoms with van der Waals surface area (Å²) in [7, 11) is 0. The molecule has 3 aromatic rings. The van der Waals surface area contributed by atoms with Crippen LogP contribution in [0.3, 0.4) is 0 Å². The summed E-state index contributed by atoms with van der Waals surface area (Å²) >= 11 is 1.69. The fourth-order valence-corrected chi connectivity index (χ4v) is 5.31. The van der Waals surface area contributed by atoms with Crippen LogP contribution in [0, 0.1) is 17.5 Å². The first-order valence-electron chi connectivity index (χ1n) is 9.65.